The number of allylic oxidation sites excluding steroid dienone is 2. The molecule has 0 spiro atoms. The summed E-state index contributed by atoms with van der Waals surface area (Å²) in [7, 11) is 0. The van der Waals surface area contributed by atoms with E-state index in [2.05, 4.69) is 13.0 Å². The van der Waals surface area contributed by atoms with Crippen molar-refractivity contribution >= 4 is 0 Å². The Morgan fingerprint density at radius 3 is 2.75 bits per heavy atom. The molecule has 0 heteroatoms. The Bertz CT molecular complexity index is 144. The van der Waals surface area contributed by atoms with E-state index in [1.165, 1.54) is 25.7 Å². The highest BCUT2D eigenvalue weighted by Crippen LogP contribution is 2.52. The van der Waals surface area contributed by atoms with Gasteiger partial charge in [-0.05, 0) is 31.1 Å². The lowest BCUT2D eigenvalue weighted by Gasteiger charge is -2.32. The van der Waals surface area contributed by atoms with Crippen LogP contribution in [0.1, 0.15) is 32.6 Å². The molecule has 0 nitrogen and oxygen atoms in total. The van der Waals surface area contributed by atoms with Gasteiger partial charge in [0.2, 0.25) is 0 Å². The average Bonchev–Trinajstić information content (AvgIpc) is 1.94. The number of fused-ring (bicyclic) bond motifs is 1. The first-order valence-corrected chi connectivity index (χ1v) is 3.51. The zero-order valence-corrected chi connectivity index (χ0v) is 5.41. The van der Waals surface area contributed by atoms with Crippen molar-refractivity contribution in [2.75, 3.05) is 0 Å². The highest BCUT2D eigenvalue weighted by atomic mass is 14.4. The van der Waals surface area contributed by atoms with E-state index in [0.29, 0.717) is 5.41 Å². The lowest BCUT2D eigenvalue weighted by atomic mass is 9.73. The molecule has 0 heterocycles. The van der Waals surface area contributed by atoms with Gasteiger partial charge in [-0.25, -0.2) is 0 Å². The van der Waals surface area contributed by atoms with Crippen molar-refractivity contribution in [1.29, 1.82) is 0 Å². The van der Waals surface area contributed by atoms with Crippen LogP contribution < -0.4 is 0 Å². The molecule has 2 aliphatic rings. The molecule has 0 amide bonds. The zero-order valence-electron chi connectivity index (χ0n) is 5.41. The summed E-state index contributed by atoms with van der Waals surface area (Å²) >= 11 is 0. The third-order valence-corrected chi connectivity index (χ3v) is 2.75. The summed E-state index contributed by atoms with van der Waals surface area (Å²) in [5, 5.41) is 0. The van der Waals surface area contributed by atoms with Gasteiger partial charge in [-0.2, -0.15) is 0 Å². The SMILES string of the molecule is CC12CC=C1CCC2. The number of rotatable bonds is 0. The summed E-state index contributed by atoms with van der Waals surface area (Å²) in [6, 6.07) is 0. The Labute approximate surface area is 50.6 Å². The molecule has 1 unspecified atom stereocenters. The Balaban J connectivity index is 2.32. The van der Waals surface area contributed by atoms with Crippen LogP contribution in [0.3, 0.4) is 0 Å². The fourth-order valence-electron chi connectivity index (χ4n) is 1.93. The third-order valence-electron chi connectivity index (χ3n) is 2.75. The molecule has 44 valence electrons. The van der Waals surface area contributed by atoms with E-state index in [1.807, 2.05) is 0 Å². The second-order valence-corrected chi connectivity index (χ2v) is 3.35. The summed E-state index contributed by atoms with van der Waals surface area (Å²) in [5.41, 5.74) is 2.44. The van der Waals surface area contributed by atoms with E-state index in [-0.39, 0.29) is 0 Å². The van der Waals surface area contributed by atoms with Crippen molar-refractivity contribution in [3.05, 3.63) is 11.6 Å². The van der Waals surface area contributed by atoms with Crippen LogP contribution in [0.2, 0.25) is 0 Å². The molecular weight excluding hydrogens is 96.1 g/mol. The van der Waals surface area contributed by atoms with Crippen LogP contribution >= 0.6 is 0 Å². The van der Waals surface area contributed by atoms with Gasteiger partial charge in [0, 0.05) is 0 Å². The van der Waals surface area contributed by atoms with Gasteiger partial charge in [-0.1, -0.05) is 18.6 Å². The van der Waals surface area contributed by atoms with E-state index in [9.17, 15) is 0 Å². The predicted molar refractivity (Wildman–Crippen MR) is 34.7 cm³/mol. The lowest BCUT2D eigenvalue weighted by Crippen LogP contribution is -2.19. The molecule has 2 aliphatic carbocycles. The minimum Gasteiger partial charge on any atom is -0.0839 e. The van der Waals surface area contributed by atoms with Gasteiger partial charge in [-0.15, -0.1) is 0 Å². The van der Waals surface area contributed by atoms with Crippen molar-refractivity contribution in [3.8, 4) is 0 Å². The maximum atomic E-state index is 2.41. The van der Waals surface area contributed by atoms with Crippen molar-refractivity contribution < 1.29 is 0 Å². The Kier molecular flexibility index (Phi) is 0.677. The third kappa shape index (κ3) is 0.367. The first-order valence-electron chi connectivity index (χ1n) is 3.51. The average molecular weight is 108 g/mol. The van der Waals surface area contributed by atoms with Crippen LogP contribution in [-0.2, 0) is 0 Å². The Morgan fingerprint density at radius 1 is 1.62 bits per heavy atom. The molecule has 1 atom stereocenters. The fraction of sp³-hybridized carbons (Fsp3) is 0.750. The van der Waals surface area contributed by atoms with Crippen LogP contribution in [0, 0.1) is 5.41 Å². The maximum absolute atomic E-state index is 2.41. The molecule has 0 bridgehead atoms. The quantitative estimate of drug-likeness (QED) is 0.418. The fourth-order valence-corrected chi connectivity index (χ4v) is 1.93. The zero-order chi connectivity index (χ0) is 5.61. The van der Waals surface area contributed by atoms with E-state index in [1.54, 1.807) is 5.57 Å². The first-order chi connectivity index (χ1) is 3.81. The molecule has 0 radical (unpaired) electrons. The summed E-state index contributed by atoms with van der Waals surface area (Å²) < 4.78 is 0. The van der Waals surface area contributed by atoms with E-state index in [0.717, 1.165) is 0 Å². The second kappa shape index (κ2) is 1.18. The van der Waals surface area contributed by atoms with Gasteiger partial charge in [0.15, 0.2) is 0 Å². The van der Waals surface area contributed by atoms with Crippen molar-refractivity contribution in [2.24, 2.45) is 5.41 Å². The molecule has 8 heavy (non-hydrogen) atoms. The van der Waals surface area contributed by atoms with E-state index < -0.39 is 0 Å². The molecule has 2 rings (SSSR count). The number of hydrogen-bond donors (Lipinski definition) is 0. The topological polar surface area (TPSA) is 0 Å². The molecule has 0 aromatic heterocycles. The second-order valence-electron chi connectivity index (χ2n) is 3.35. The smallest absolute Gasteiger partial charge is 0.00817 e. The van der Waals surface area contributed by atoms with Gasteiger partial charge < -0.3 is 0 Å². The molecule has 0 saturated heterocycles. The Hall–Kier alpha value is -0.260. The van der Waals surface area contributed by atoms with Crippen LogP contribution in [0.5, 0.6) is 0 Å². The monoisotopic (exact) mass is 108 g/mol. The predicted octanol–water partition coefficient (Wildman–Crippen LogP) is 2.51. The molecule has 0 aromatic carbocycles. The minimum absolute atomic E-state index is 0.694. The van der Waals surface area contributed by atoms with E-state index in [4.69, 9.17) is 0 Å². The summed E-state index contributed by atoms with van der Waals surface area (Å²) in [6.07, 6.45) is 8.08. The highest BCUT2D eigenvalue weighted by molar-refractivity contribution is 5.27. The first kappa shape index (κ1) is 4.60. The standard InChI is InChI=1S/C8H12/c1-8-5-2-3-7(8)4-6-8/h4H,2-3,5-6H2,1H3. The van der Waals surface area contributed by atoms with Gasteiger partial charge in [0.1, 0.15) is 0 Å². The van der Waals surface area contributed by atoms with E-state index >= 15 is 0 Å². The molecule has 0 aromatic rings. The van der Waals surface area contributed by atoms with Gasteiger partial charge in [0.25, 0.3) is 0 Å². The van der Waals surface area contributed by atoms with Crippen LogP contribution in [-0.4, -0.2) is 0 Å². The number of hydrogen-bond acceptors (Lipinski definition) is 0. The Morgan fingerprint density at radius 2 is 2.50 bits per heavy atom. The van der Waals surface area contributed by atoms with Crippen LogP contribution in [0.4, 0.5) is 0 Å². The van der Waals surface area contributed by atoms with Gasteiger partial charge >= 0.3 is 0 Å². The van der Waals surface area contributed by atoms with Gasteiger partial charge in [-0.3, -0.25) is 0 Å². The molecule has 1 saturated carbocycles. The molecular formula is C8H12. The maximum Gasteiger partial charge on any atom is -0.00817 e. The molecule has 0 aliphatic heterocycles. The summed E-state index contributed by atoms with van der Waals surface area (Å²) in [5.74, 6) is 0. The van der Waals surface area contributed by atoms with Crippen molar-refractivity contribution in [3.63, 3.8) is 0 Å². The van der Waals surface area contributed by atoms with Gasteiger partial charge in [0.05, 0.1) is 0 Å². The largest absolute Gasteiger partial charge is 0.0839 e. The van der Waals surface area contributed by atoms with Crippen LogP contribution in [0.15, 0.2) is 11.6 Å². The summed E-state index contributed by atoms with van der Waals surface area (Å²) in [4.78, 5) is 0. The van der Waals surface area contributed by atoms with Crippen LogP contribution in [0.25, 0.3) is 0 Å². The lowest BCUT2D eigenvalue weighted by molar-refractivity contribution is 0.374. The molecule has 0 N–H and O–H groups in total. The summed E-state index contributed by atoms with van der Waals surface area (Å²) in [6.45, 7) is 2.40. The van der Waals surface area contributed by atoms with Crippen molar-refractivity contribution in [1.82, 2.24) is 0 Å². The highest BCUT2D eigenvalue weighted by Gasteiger charge is 2.37. The van der Waals surface area contributed by atoms with Crippen molar-refractivity contribution in [2.45, 2.75) is 32.6 Å². The molecule has 1 fully saturated rings. The minimum atomic E-state index is 0.694. The normalized spacial score (nSPS) is 42.9.